The van der Waals surface area contributed by atoms with Crippen LogP contribution in [0, 0.1) is 0 Å². The van der Waals surface area contributed by atoms with Gasteiger partial charge in [-0.25, -0.2) is 9.78 Å². The van der Waals surface area contributed by atoms with E-state index < -0.39 is 5.60 Å². The largest absolute Gasteiger partial charge is 0.444 e. The Labute approximate surface area is 109 Å². The summed E-state index contributed by atoms with van der Waals surface area (Å²) in [6.07, 6.45) is 4.01. The Bertz CT molecular complexity index is 391. The van der Waals surface area contributed by atoms with E-state index in [1.54, 1.807) is 0 Å². The molecule has 1 aromatic heterocycles. The van der Waals surface area contributed by atoms with Gasteiger partial charge in [-0.15, -0.1) is 0 Å². The molecule has 102 valence electrons. The van der Waals surface area contributed by atoms with E-state index in [9.17, 15) is 4.79 Å². The molecule has 0 aliphatic rings. The fraction of sp³-hybridized carbons (Fsp3) is 0.692. The van der Waals surface area contributed by atoms with E-state index in [0.29, 0.717) is 12.6 Å². The van der Waals surface area contributed by atoms with Crippen LogP contribution in [0.4, 0.5) is 4.79 Å². The lowest BCUT2D eigenvalue weighted by atomic mass is 10.2. The zero-order valence-electron chi connectivity index (χ0n) is 11.9. The molecule has 18 heavy (non-hydrogen) atoms. The second-order valence-electron chi connectivity index (χ2n) is 5.56. The van der Waals surface area contributed by atoms with Gasteiger partial charge in [-0.3, -0.25) is 0 Å². The lowest BCUT2D eigenvalue weighted by molar-refractivity contribution is 0.0528. The standard InChI is InChI=1S/C13H23N3O2/c1-10(2)16-9-14-8-11(16)6-7-15-12(17)18-13(3,4)5/h8-10H,6-7H2,1-5H3,(H,15,17). The van der Waals surface area contributed by atoms with Gasteiger partial charge in [0.05, 0.1) is 6.33 Å². The van der Waals surface area contributed by atoms with Gasteiger partial charge in [0, 0.05) is 30.9 Å². The molecule has 0 spiro atoms. The third-order valence-electron chi connectivity index (χ3n) is 2.35. The van der Waals surface area contributed by atoms with Crippen molar-refractivity contribution >= 4 is 6.09 Å². The van der Waals surface area contributed by atoms with Crippen LogP contribution < -0.4 is 5.32 Å². The summed E-state index contributed by atoms with van der Waals surface area (Å²) in [6, 6.07) is 0.379. The maximum atomic E-state index is 11.5. The number of hydrogen-bond acceptors (Lipinski definition) is 3. The van der Waals surface area contributed by atoms with Crippen LogP contribution in [-0.2, 0) is 11.2 Å². The number of hydrogen-bond donors (Lipinski definition) is 1. The topological polar surface area (TPSA) is 56.2 Å². The highest BCUT2D eigenvalue weighted by Crippen LogP contribution is 2.09. The van der Waals surface area contributed by atoms with Gasteiger partial charge in [0.15, 0.2) is 0 Å². The molecule has 0 saturated heterocycles. The van der Waals surface area contributed by atoms with Crippen LogP contribution in [0.1, 0.15) is 46.4 Å². The van der Waals surface area contributed by atoms with Crippen molar-refractivity contribution in [2.75, 3.05) is 6.54 Å². The van der Waals surface area contributed by atoms with Gasteiger partial charge in [0.25, 0.3) is 0 Å². The van der Waals surface area contributed by atoms with Gasteiger partial charge in [-0.2, -0.15) is 0 Å². The van der Waals surface area contributed by atoms with E-state index in [4.69, 9.17) is 4.74 Å². The number of imidazole rings is 1. The monoisotopic (exact) mass is 253 g/mol. The molecule has 0 fully saturated rings. The molecule has 1 heterocycles. The van der Waals surface area contributed by atoms with Crippen LogP contribution in [0.3, 0.4) is 0 Å². The lowest BCUT2D eigenvalue weighted by Gasteiger charge is -2.19. The molecule has 0 aromatic carbocycles. The zero-order chi connectivity index (χ0) is 13.8. The second-order valence-corrected chi connectivity index (χ2v) is 5.56. The Morgan fingerprint density at radius 1 is 1.50 bits per heavy atom. The number of amides is 1. The van der Waals surface area contributed by atoms with Crippen LogP contribution in [0.2, 0.25) is 0 Å². The first-order valence-electron chi connectivity index (χ1n) is 6.27. The number of carbonyl (C=O) groups excluding carboxylic acids is 1. The van der Waals surface area contributed by atoms with Crippen LogP contribution in [0.15, 0.2) is 12.5 Å². The summed E-state index contributed by atoms with van der Waals surface area (Å²) < 4.78 is 7.26. The van der Waals surface area contributed by atoms with E-state index in [2.05, 4.69) is 28.7 Å². The molecular weight excluding hydrogens is 230 g/mol. The van der Waals surface area contributed by atoms with E-state index in [1.165, 1.54) is 0 Å². The van der Waals surface area contributed by atoms with E-state index in [0.717, 1.165) is 12.1 Å². The highest BCUT2D eigenvalue weighted by atomic mass is 16.6. The van der Waals surface area contributed by atoms with Crippen molar-refractivity contribution in [3.63, 3.8) is 0 Å². The van der Waals surface area contributed by atoms with Crippen LogP contribution in [-0.4, -0.2) is 27.8 Å². The molecule has 1 aromatic rings. The summed E-state index contributed by atoms with van der Waals surface area (Å²) in [4.78, 5) is 15.6. The SMILES string of the molecule is CC(C)n1cncc1CCNC(=O)OC(C)(C)C. The number of rotatable bonds is 4. The Balaban J connectivity index is 2.38. The minimum Gasteiger partial charge on any atom is -0.444 e. The maximum Gasteiger partial charge on any atom is 0.407 e. The van der Waals surface area contributed by atoms with Crippen LogP contribution in [0.25, 0.3) is 0 Å². The molecule has 5 nitrogen and oxygen atoms in total. The Kier molecular flexibility index (Phi) is 4.76. The number of nitrogens with zero attached hydrogens (tertiary/aromatic N) is 2. The average Bonchev–Trinajstić information content (AvgIpc) is 2.62. The lowest BCUT2D eigenvalue weighted by Crippen LogP contribution is -2.33. The fourth-order valence-electron chi connectivity index (χ4n) is 1.60. The molecule has 0 aliphatic carbocycles. The van der Waals surface area contributed by atoms with E-state index in [1.807, 2.05) is 33.3 Å². The second kappa shape index (κ2) is 5.89. The Hall–Kier alpha value is -1.52. The number of aromatic nitrogens is 2. The predicted molar refractivity (Wildman–Crippen MR) is 70.6 cm³/mol. The summed E-state index contributed by atoms with van der Waals surface area (Å²) >= 11 is 0. The fourth-order valence-corrected chi connectivity index (χ4v) is 1.60. The zero-order valence-corrected chi connectivity index (χ0v) is 11.9. The Morgan fingerprint density at radius 3 is 2.72 bits per heavy atom. The highest BCUT2D eigenvalue weighted by molar-refractivity contribution is 5.67. The summed E-state index contributed by atoms with van der Waals surface area (Å²) in [6.45, 7) is 10.3. The molecular formula is C13H23N3O2. The van der Waals surface area contributed by atoms with Crippen molar-refractivity contribution in [2.24, 2.45) is 0 Å². The third-order valence-corrected chi connectivity index (χ3v) is 2.35. The molecule has 0 radical (unpaired) electrons. The summed E-state index contributed by atoms with van der Waals surface area (Å²) in [5.41, 5.74) is 0.658. The van der Waals surface area contributed by atoms with Gasteiger partial charge in [0.2, 0.25) is 0 Å². The normalized spacial score (nSPS) is 11.7. The quantitative estimate of drug-likeness (QED) is 0.897. The first kappa shape index (κ1) is 14.5. The van der Waals surface area contributed by atoms with Crippen LogP contribution >= 0.6 is 0 Å². The molecule has 1 rings (SSSR count). The molecule has 0 aliphatic heterocycles. The summed E-state index contributed by atoms with van der Waals surface area (Å²) in [5.74, 6) is 0. The van der Waals surface area contributed by atoms with Crippen molar-refractivity contribution in [3.8, 4) is 0 Å². The summed E-state index contributed by atoms with van der Waals surface area (Å²) in [5, 5.41) is 2.74. The third kappa shape index (κ3) is 4.77. The molecule has 0 bridgehead atoms. The van der Waals surface area contributed by atoms with Crippen molar-refractivity contribution < 1.29 is 9.53 Å². The molecule has 0 saturated carbocycles. The van der Waals surface area contributed by atoms with Crippen molar-refractivity contribution in [1.29, 1.82) is 0 Å². The smallest absolute Gasteiger partial charge is 0.407 e. The Morgan fingerprint density at radius 2 is 2.17 bits per heavy atom. The first-order valence-corrected chi connectivity index (χ1v) is 6.27. The van der Waals surface area contributed by atoms with E-state index >= 15 is 0 Å². The average molecular weight is 253 g/mol. The van der Waals surface area contributed by atoms with Crippen molar-refractivity contribution in [1.82, 2.24) is 14.9 Å². The molecule has 5 heteroatoms. The number of nitrogens with one attached hydrogen (secondary N) is 1. The van der Waals surface area contributed by atoms with Crippen LogP contribution in [0.5, 0.6) is 0 Å². The highest BCUT2D eigenvalue weighted by Gasteiger charge is 2.15. The van der Waals surface area contributed by atoms with Crippen molar-refractivity contribution in [3.05, 3.63) is 18.2 Å². The number of ether oxygens (including phenoxy) is 1. The molecule has 1 N–H and O–H groups in total. The number of carbonyl (C=O) groups is 1. The van der Waals surface area contributed by atoms with Gasteiger partial charge >= 0.3 is 6.09 Å². The van der Waals surface area contributed by atoms with Gasteiger partial charge in [-0.05, 0) is 34.6 Å². The number of alkyl carbamates (subject to hydrolysis) is 1. The first-order chi connectivity index (χ1) is 8.29. The minimum atomic E-state index is -0.455. The van der Waals surface area contributed by atoms with E-state index in [-0.39, 0.29) is 6.09 Å². The maximum absolute atomic E-state index is 11.5. The van der Waals surface area contributed by atoms with Gasteiger partial charge in [0.1, 0.15) is 5.60 Å². The molecule has 0 unspecified atom stereocenters. The van der Waals surface area contributed by atoms with Gasteiger partial charge < -0.3 is 14.6 Å². The molecule has 1 amide bonds. The minimum absolute atomic E-state index is 0.377. The summed E-state index contributed by atoms with van der Waals surface area (Å²) in [7, 11) is 0. The molecule has 0 atom stereocenters. The van der Waals surface area contributed by atoms with Gasteiger partial charge in [-0.1, -0.05) is 0 Å². The van der Waals surface area contributed by atoms with Crippen molar-refractivity contribution in [2.45, 2.75) is 52.7 Å². The predicted octanol–water partition coefficient (Wildman–Crippen LogP) is 2.53.